The van der Waals surface area contributed by atoms with E-state index < -0.39 is 5.82 Å². The molecule has 1 aliphatic heterocycles. The van der Waals surface area contributed by atoms with Crippen LogP contribution in [0.2, 0.25) is 5.02 Å². The van der Waals surface area contributed by atoms with Gasteiger partial charge in [0.25, 0.3) is 0 Å². The van der Waals surface area contributed by atoms with Gasteiger partial charge in [-0.3, -0.25) is 14.3 Å². The lowest BCUT2D eigenvalue weighted by molar-refractivity contribution is -0.119. The van der Waals surface area contributed by atoms with Crippen LogP contribution in [0.25, 0.3) is 22.0 Å². The third-order valence-corrected chi connectivity index (χ3v) is 7.35. The second-order valence-corrected chi connectivity index (χ2v) is 10.8. The number of halogens is 2. The normalized spacial score (nSPS) is 15.1. The number of nitrogens with one attached hydrogen (secondary N) is 1. The van der Waals surface area contributed by atoms with Crippen molar-refractivity contribution in [1.29, 1.82) is 0 Å². The Kier molecular flexibility index (Phi) is 14.7. The van der Waals surface area contributed by atoms with Gasteiger partial charge in [-0.2, -0.15) is 5.10 Å². The monoisotopic (exact) mass is 589 g/mol. The van der Waals surface area contributed by atoms with Crippen molar-refractivity contribution in [1.82, 2.24) is 24.6 Å². The van der Waals surface area contributed by atoms with E-state index in [9.17, 15) is 14.0 Å². The Morgan fingerprint density at radius 2 is 1.56 bits per heavy atom. The molecule has 0 bridgehead atoms. The Labute approximate surface area is 248 Å². The van der Waals surface area contributed by atoms with E-state index in [-0.39, 0.29) is 5.92 Å². The maximum Gasteiger partial charge on any atom is 0.212 e. The molecule has 1 aliphatic carbocycles. The van der Waals surface area contributed by atoms with Crippen LogP contribution in [-0.2, 0) is 16.6 Å². The smallest absolute Gasteiger partial charge is 0.212 e. The minimum Gasteiger partial charge on any atom is -0.343 e. The van der Waals surface area contributed by atoms with E-state index in [1.807, 2.05) is 19.9 Å². The number of fused-ring (bicyclic) bond motifs is 1. The summed E-state index contributed by atoms with van der Waals surface area (Å²) in [6.07, 6.45) is 11.9. The van der Waals surface area contributed by atoms with E-state index in [1.165, 1.54) is 57.8 Å². The third kappa shape index (κ3) is 10.1. The molecule has 2 amide bonds. The number of aryl methyl sites for hydroxylation is 1. The maximum absolute atomic E-state index is 14.6. The molecule has 0 spiro atoms. The summed E-state index contributed by atoms with van der Waals surface area (Å²) < 4.78 is 16.3. The van der Waals surface area contributed by atoms with Crippen LogP contribution >= 0.6 is 11.6 Å². The lowest BCUT2D eigenvalue weighted by atomic mass is 10.00. The highest BCUT2D eigenvalue weighted by atomic mass is 35.5. The Morgan fingerprint density at radius 3 is 2.07 bits per heavy atom. The first-order chi connectivity index (χ1) is 19.7. The van der Waals surface area contributed by atoms with Gasteiger partial charge in [0.05, 0.1) is 5.02 Å². The van der Waals surface area contributed by atoms with Crippen LogP contribution in [0.15, 0.2) is 24.4 Å². The van der Waals surface area contributed by atoms with E-state index in [1.54, 1.807) is 22.7 Å². The number of nitrogens with zero attached hydrogens (tertiary/aromatic N) is 5. The fraction of sp³-hybridized carbons (Fsp3) is 0.533. The number of nitrogens with two attached hydrogens (primary N) is 1. The molecule has 3 aromatic rings. The molecule has 41 heavy (non-hydrogen) atoms. The van der Waals surface area contributed by atoms with Crippen molar-refractivity contribution >= 4 is 41.1 Å². The van der Waals surface area contributed by atoms with Gasteiger partial charge in [-0.05, 0) is 43.8 Å². The van der Waals surface area contributed by atoms with E-state index in [4.69, 9.17) is 11.6 Å². The molecule has 226 valence electrons. The molecular formula is C30H45ClFN7O2. The van der Waals surface area contributed by atoms with Crippen LogP contribution in [0.1, 0.15) is 64.0 Å². The highest BCUT2D eigenvalue weighted by Crippen LogP contribution is 2.35. The summed E-state index contributed by atoms with van der Waals surface area (Å²) in [5.74, 6) is 0.123. The number of hydrogen-bond acceptors (Lipinski definition) is 6. The molecule has 0 unspecified atom stereocenters. The Hall–Kier alpha value is -3.08. The summed E-state index contributed by atoms with van der Waals surface area (Å²) in [7, 11) is 5.38. The Bertz CT molecular complexity index is 1230. The maximum atomic E-state index is 14.6. The average Bonchev–Trinajstić information content (AvgIpc) is 3.34. The van der Waals surface area contributed by atoms with Gasteiger partial charge < -0.3 is 20.9 Å². The molecule has 1 saturated heterocycles. The van der Waals surface area contributed by atoms with Crippen molar-refractivity contribution in [3.8, 4) is 11.1 Å². The first-order valence-electron chi connectivity index (χ1n) is 14.2. The third-order valence-electron chi connectivity index (χ3n) is 7.04. The van der Waals surface area contributed by atoms with E-state index in [2.05, 4.69) is 33.1 Å². The second-order valence-electron chi connectivity index (χ2n) is 10.4. The first kappa shape index (κ1) is 34.1. The summed E-state index contributed by atoms with van der Waals surface area (Å²) in [6.45, 7) is 7.87. The van der Waals surface area contributed by atoms with Gasteiger partial charge >= 0.3 is 0 Å². The Morgan fingerprint density at radius 1 is 0.976 bits per heavy atom. The predicted octanol–water partition coefficient (Wildman–Crippen LogP) is 5.43. The average molecular weight is 590 g/mol. The largest absolute Gasteiger partial charge is 0.343 e. The molecular weight excluding hydrogens is 545 g/mol. The zero-order valence-electron chi connectivity index (χ0n) is 25.0. The lowest BCUT2D eigenvalue weighted by Gasteiger charge is -2.29. The number of anilines is 1. The predicted molar refractivity (Wildman–Crippen MR) is 166 cm³/mol. The molecule has 2 aromatic heterocycles. The molecule has 0 atom stereocenters. The zero-order chi connectivity index (χ0) is 30.4. The van der Waals surface area contributed by atoms with Gasteiger partial charge in [-0.25, -0.2) is 9.37 Å². The van der Waals surface area contributed by atoms with Gasteiger partial charge in [-0.15, -0.1) is 0 Å². The summed E-state index contributed by atoms with van der Waals surface area (Å²) in [4.78, 5) is 28.8. The number of pyridine rings is 1. The molecule has 1 saturated carbocycles. The van der Waals surface area contributed by atoms with Crippen LogP contribution in [0.5, 0.6) is 0 Å². The summed E-state index contributed by atoms with van der Waals surface area (Å²) in [5, 5.41) is 7.87. The van der Waals surface area contributed by atoms with Crippen molar-refractivity contribution in [2.45, 2.75) is 58.3 Å². The van der Waals surface area contributed by atoms with Crippen LogP contribution in [0, 0.1) is 5.82 Å². The number of aromatic nitrogens is 3. The van der Waals surface area contributed by atoms with Gasteiger partial charge in [0.15, 0.2) is 5.82 Å². The molecule has 9 nitrogen and oxygen atoms in total. The SMILES string of the molecule is C1CCCCC1.CC(C)c1c2cc(-c3cc(NC=O)ncc3Cl)cc(F)c2nn1C.CN.CN1CCN(C=O)CC1. The van der Waals surface area contributed by atoms with Gasteiger partial charge in [0.1, 0.15) is 11.3 Å². The van der Waals surface area contributed by atoms with E-state index in [0.717, 1.165) is 43.7 Å². The molecule has 1 aromatic carbocycles. The van der Waals surface area contributed by atoms with Crippen molar-refractivity contribution in [2.75, 3.05) is 45.6 Å². The van der Waals surface area contributed by atoms with Crippen molar-refractivity contribution in [3.05, 3.63) is 40.9 Å². The molecule has 0 radical (unpaired) electrons. The minimum absolute atomic E-state index is 0.190. The quantitative estimate of drug-likeness (QED) is 0.384. The summed E-state index contributed by atoms with van der Waals surface area (Å²) in [6, 6.07) is 4.88. The van der Waals surface area contributed by atoms with Gasteiger partial charge in [0.2, 0.25) is 12.8 Å². The number of carbonyl (C=O) groups excluding carboxylic acids is 2. The molecule has 2 aliphatic rings. The number of benzene rings is 1. The van der Waals surface area contributed by atoms with E-state index in [0.29, 0.717) is 33.9 Å². The molecule has 3 N–H and O–H groups in total. The van der Waals surface area contributed by atoms with Crippen molar-refractivity contribution in [2.24, 2.45) is 12.8 Å². The van der Waals surface area contributed by atoms with Crippen molar-refractivity contribution < 1.29 is 14.0 Å². The second kappa shape index (κ2) is 17.7. The molecule has 2 fully saturated rings. The topological polar surface area (TPSA) is 109 Å². The standard InChI is InChI=1S/C17H16ClFN4O.C6H12N2O.C6H12.CH5N/c1-9(2)17-12-4-10(5-14(19)16(12)22-23(17)3)11-6-15(21-8-24)20-7-13(11)18;1-7-2-4-8(6-9)5-3-7;1-2-4-6-5-3-1;1-2/h4-9H,1-3H3,(H,20,21,24);6H,2-5H2,1H3;1-6H2;2H2,1H3. The van der Waals surface area contributed by atoms with Crippen LogP contribution < -0.4 is 11.1 Å². The number of amides is 2. The number of piperazine rings is 1. The zero-order valence-corrected chi connectivity index (χ0v) is 25.8. The number of carbonyl (C=O) groups is 2. The van der Waals surface area contributed by atoms with Crippen molar-refractivity contribution in [3.63, 3.8) is 0 Å². The Balaban J connectivity index is 0.000000281. The summed E-state index contributed by atoms with van der Waals surface area (Å²) in [5.41, 5.74) is 6.98. The van der Waals surface area contributed by atoms with Crippen LogP contribution in [0.3, 0.4) is 0 Å². The fourth-order valence-electron chi connectivity index (χ4n) is 4.90. The fourth-order valence-corrected chi connectivity index (χ4v) is 5.11. The molecule has 11 heteroatoms. The molecule has 3 heterocycles. The first-order valence-corrected chi connectivity index (χ1v) is 14.6. The minimum atomic E-state index is -0.414. The number of rotatable bonds is 5. The van der Waals surface area contributed by atoms with Gasteiger partial charge in [0, 0.05) is 56.1 Å². The van der Waals surface area contributed by atoms with Gasteiger partial charge in [-0.1, -0.05) is 64.0 Å². The van der Waals surface area contributed by atoms with Crippen LogP contribution in [-0.4, -0.2) is 77.7 Å². The van der Waals surface area contributed by atoms with E-state index >= 15 is 0 Å². The van der Waals surface area contributed by atoms with Crippen LogP contribution in [0.4, 0.5) is 10.2 Å². The lowest BCUT2D eigenvalue weighted by Crippen LogP contribution is -2.43. The number of likely N-dealkylation sites (N-methyl/N-ethyl adjacent to an activating group) is 1. The highest BCUT2D eigenvalue weighted by molar-refractivity contribution is 6.33. The summed E-state index contributed by atoms with van der Waals surface area (Å²) >= 11 is 6.22. The highest BCUT2D eigenvalue weighted by Gasteiger charge is 2.18. The number of hydrogen-bond donors (Lipinski definition) is 2. The molecule has 5 rings (SSSR count).